The smallest absolute Gasteiger partial charge is 0.296 e. The predicted molar refractivity (Wildman–Crippen MR) is 72.8 cm³/mol. The molecule has 0 amide bonds. The normalized spacial score (nSPS) is 10.2. The second-order valence-corrected chi connectivity index (χ2v) is 4.09. The van der Waals surface area contributed by atoms with Gasteiger partial charge in [0.15, 0.2) is 0 Å². The second-order valence-electron chi connectivity index (χ2n) is 4.09. The molecule has 2 rings (SSSR count). The average Bonchev–Trinajstić information content (AvgIpc) is 2.96. The molecule has 1 aromatic heterocycles. The summed E-state index contributed by atoms with van der Waals surface area (Å²) in [4.78, 5) is 10.6. The minimum absolute atomic E-state index is 0.00473. The average molecular weight is 277 g/mol. The molecule has 0 radical (unpaired) electrons. The van der Waals surface area contributed by atoms with Gasteiger partial charge in [0.05, 0.1) is 24.3 Å². The standard InChI is InChI=1S/C12H15N5O3/c1-20-10-3-4-11(12(9-10)17(18)19)13-5-2-7-16-8-6-14-15-16/h3-4,6,8-9,13H,2,5,7H2,1H3. The number of methoxy groups -OCH3 is 1. The number of ether oxygens (including phenoxy) is 1. The summed E-state index contributed by atoms with van der Waals surface area (Å²) in [5, 5.41) is 21.6. The molecule has 0 aliphatic rings. The summed E-state index contributed by atoms with van der Waals surface area (Å²) in [7, 11) is 1.48. The molecule has 0 spiro atoms. The molecule has 20 heavy (non-hydrogen) atoms. The number of nitro benzene ring substituents is 1. The molecule has 1 aromatic carbocycles. The van der Waals surface area contributed by atoms with Crippen molar-refractivity contribution in [1.82, 2.24) is 15.0 Å². The van der Waals surface area contributed by atoms with Crippen molar-refractivity contribution in [1.29, 1.82) is 0 Å². The van der Waals surface area contributed by atoms with Gasteiger partial charge in [-0.25, -0.2) is 0 Å². The highest BCUT2D eigenvalue weighted by molar-refractivity contribution is 5.63. The molecule has 0 aliphatic heterocycles. The molecule has 0 saturated carbocycles. The van der Waals surface area contributed by atoms with Crippen LogP contribution in [0, 0.1) is 10.1 Å². The van der Waals surface area contributed by atoms with E-state index in [2.05, 4.69) is 15.6 Å². The van der Waals surface area contributed by atoms with Gasteiger partial charge in [-0.05, 0) is 18.6 Å². The Kier molecular flexibility index (Phi) is 4.48. The largest absolute Gasteiger partial charge is 0.496 e. The van der Waals surface area contributed by atoms with Crippen LogP contribution in [0.5, 0.6) is 5.75 Å². The third-order valence-electron chi connectivity index (χ3n) is 2.75. The van der Waals surface area contributed by atoms with Crippen LogP contribution in [-0.4, -0.2) is 33.6 Å². The van der Waals surface area contributed by atoms with Gasteiger partial charge in [0.2, 0.25) is 0 Å². The van der Waals surface area contributed by atoms with Crippen LogP contribution < -0.4 is 10.1 Å². The maximum atomic E-state index is 11.0. The number of benzene rings is 1. The van der Waals surface area contributed by atoms with E-state index < -0.39 is 4.92 Å². The SMILES string of the molecule is COc1ccc(NCCCn2ccnn2)c([N+](=O)[O-])c1. The lowest BCUT2D eigenvalue weighted by atomic mass is 10.2. The van der Waals surface area contributed by atoms with Gasteiger partial charge in [0.25, 0.3) is 5.69 Å². The Labute approximate surface area is 115 Å². The van der Waals surface area contributed by atoms with Gasteiger partial charge in [-0.15, -0.1) is 5.10 Å². The molecule has 1 N–H and O–H groups in total. The maximum Gasteiger partial charge on any atom is 0.296 e. The number of hydrogen-bond acceptors (Lipinski definition) is 6. The van der Waals surface area contributed by atoms with Crippen molar-refractivity contribution in [2.45, 2.75) is 13.0 Å². The van der Waals surface area contributed by atoms with Gasteiger partial charge in [0, 0.05) is 19.3 Å². The fourth-order valence-corrected chi connectivity index (χ4v) is 1.76. The maximum absolute atomic E-state index is 11.0. The third kappa shape index (κ3) is 3.44. The minimum Gasteiger partial charge on any atom is -0.496 e. The number of aromatic nitrogens is 3. The van der Waals surface area contributed by atoms with Gasteiger partial charge in [-0.1, -0.05) is 5.21 Å². The van der Waals surface area contributed by atoms with Crippen LogP contribution in [0.1, 0.15) is 6.42 Å². The Hall–Kier alpha value is -2.64. The van der Waals surface area contributed by atoms with Crippen LogP contribution in [0.25, 0.3) is 0 Å². The highest BCUT2D eigenvalue weighted by Crippen LogP contribution is 2.28. The Morgan fingerprint density at radius 1 is 1.50 bits per heavy atom. The first-order valence-electron chi connectivity index (χ1n) is 6.11. The summed E-state index contributed by atoms with van der Waals surface area (Å²) in [6, 6.07) is 4.74. The highest BCUT2D eigenvalue weighted by Gasteiger charge is 2.14. The quantitative estimate of drug-likeness (QED) is 0.470. The molecule has 2 aromatic rings. The van der Waals surface area contributed by atoms with E-state index in [1.807, 2.05) is 0 Å². The van der Waals surface area contributed by atoms with E-state index in [-0.39, 0.29) is 5.69 Å². The van der Waals surface area contributed by atoms with E-state index in [1.54, 1.807) is 29.2 Å². The summed E-state index contributed by atoms with van der Waals surface area (Å²) >= 11 is 0. The van der Waals surface area contributed by atoms with Crippen molar-refractivity contribution in [3.63, 3.8) is 0 Å². The number of hydrogen-bond donors (Lipinski definition) is 1. The molecule has 106 valence electrons. The lowest BCUT2D eigenvalue weighted by Crippen LogP contribution is -2.08. The molecular formula is C12H15N5O3. The molecule has 0 unspecified atom stereocenters. The van der Waals surface area contributed by atoms with Crippen LogP contribution in [0.15, 0.2) is 30.6 Å². The van der Waals surface area contributed by atoms with Gasteiger partial charge in [0.1, 0.15) is 11.4 Å². The van der Waals surface area contributed by atoms with Crippen LogP contribution in [0.3, 0.4) is 0 Å². The number of rotatable bonds is 7. The van der Waals surface area contributed by atoms with E-state index in [9.17, 15) is 10.1 Å². The first kappa shape index (κ1) is 13.8. The van der Waals surface area contributed by atoms with Crippen LogP contribution in [0.4, 0.5) is 11.4 Å². The van der Waals surface area contributed by atoms with Crippen molar-refractivity contribution in [2.24, 2.45) is 0 Å². The molecule has 0 atom stereocenters. The van der Waals surface area contributed by atoms with Crippen molar-refractivity contribution >= 4 is 11.4 Å². The number of nitro groups is 1. The summed E-state index contributed by atoms with van der Waals surface area (Å²) in [6.07, 6.45) is 4.17. The molecule has 1 heterocycles. The number of aryl methyl sites for hydroxylation is 1. The Morgan fingerprint density at radius 3 is 3.00 bits per heavy atom. The van der Waals surface area contributed by atoms with E-state index >= 15 is 0 Å². The number of anilines is 1. The van der Waals surface area contributed by atoms with Crippen LogP contribution in [0.2, 0.25) is 0 Å². The molecular weight excluding hydrogens is 262 g/mol. The van der Waals surface area contributed by atoms with Gasteiger partial charge in [-0.2, -0.15) is 0 Å². The molecule has 0 aliphatic carbocycles. The molecule has 0 fully saturated rings. The number of nitrogens with zero attached hydrogens (tertiary/aromatic N) is 4. The van der Waals surface area contributed by atoms with Crippen LogP contribution in [-0.2, 0) is 6.54 Å². The van der Waals surface area contributed by atoms with Gasteiger partial charge < -0.3 is 10.1 Å². The minimum atomic E-state index is -0.428. The van der Waals surface area contributed by atoms with Crippen molar-refractivity contribution in [2.75, 3.05) is 19.0 Å². The zero-order valence-corrected chi connectivity index (χ0v) is 11.0. The van der Waals surface area contributed by atoms with E-state index in [4.69, 9.17) is 4.74 Å². The molecule has 8 heteroatoms. The summed E-state index contributed by atoms with van der Waals surface area (Å²) in [5.74, 6) is 0.463. The lowest BCUT2D eigenvalue weighted by Gasteiger charge is -2.08. The number of nitrogens with one attached hydrogen (secondary N) is 1. The van der Waals surface area contributed by atoms with Crippen molar-refractivity contribution in [3.8, 4) is 5.75 Å². The van der Waals surface area contributed by atoms with Gasteiger partial charge >= 0.3 is 0 Å². The van der Waals surface area contributed by atoms with Gasteiger partial charge in [-0.3, -0.25) is 14.8 Å². The Bertz CT molecular complexity index is 570. The Morgan fingerprint density at radius 2 is 2.35 bits per heavy atom. The molecule has 0 saturated heterocycles. The highest BCUT2D eigenvalue weighted by atomic mass is 16.6. The second kappa shape index (κ2) is 6.50. The first-order valence-corrected chi connectivity index (χ1v) is 6.11. The topological polar surface area (TPSA) is 95.1 Å². The first-order chi connectivity index (χ1) is 9.70. The van der Waals surface area contributed by atoms with Crippen LogP contribution >= 0.6 is 0 Å². The van der Waals surface area contributed by atoms with Crippen molar-refractivity contribution < 1.29 is 9.66 Å². The summed E-state index contributed by atoms with van der Waals surface area (Å²) in [6.45, 7) is 1.31. The monoisotopic (exact) mass is 277 g/mol. The summed E-state index contributed by atoms with van der Waals surface area (Å²) < 4.78 is 6.70. The summed E-state index contributed by atoms with van der Waals surface area (Å²) in [5.41, 5.74) is 0.486. The van der Waals surface area contributed by atoms with E-state index in [0.29, 0.717) is 24.5 Å². The predicted octanol–water partition coefficient (Wildman–Crippen LogP) is 1.70. The van der Waals surface area contributed by atoms with E-state index in [1.165, 1.54) is 13.2 Å². The van der Waals surface area contributed by atoms with Crippen molar-refractivity contribution in [3.05, 3.63) is 40.7 Å². The zero-order chi connectivity index (χ0) is 14.4. The Balaban J connectivity index is 1.93. The van der Waals surface area contributed by atoms with E-state index in [0.717, 1.165) is 6.42 Å². The molecule has 8 nitrogen and oxygen atoms in total. The lowest BCUT2D eigenvalue weighted by molar-refractivity contribution is -0.384. The fourth-order valence-electron chi connectivity index (χ4n) is 1.76. The molecule has 0 bridgehead atoms. The zero-order valence-electron chi connectivity index (χ0n) is 11.0. The fraction of sp³-hybridized carbons (Fsp3) is 0.333. The third-order valence-corrected chi connectivity index (χ3v) is 2.75.